The molecular weight excluding hydrogens is 482 g/mol. The van der Waals surface area contributed by atoms with Gasteiger partial charge in [-0.15, -0.1) is 0 Å². The van der Waals surface area contributed by atoms with Crippen molar-refractivity contribution in [2.45, 2.75) is 62.1 Å². The molecule has 4 aromatic rings. The van der Waals surface area contributed by atoms with Gasteiger partial charge in [-0.1, -0.05) is 18.2 Å². The fourth-order valence-electron chi connectivity index (χ4n) is 6.04. The van der Waals surface area contributed by atoms with Gasteiger partial charge in [-0.25, -0.2) is 9.50 Å². The van der Waals surface area contributed by atoms with Gasteiger partial charge < -0.3 is 20.9 Å². The predicted molar refractivity (Wildman–Crippen MR) is 141 cm³/mol. The Balaban J connectivity index is 1.33. The Morgan fingerprint density at radius 2 is 1.89 bits per heavy atom. The number of rotatable bonds is 6. The molecule has 0 bridgehead atoms. The predicted octanol–water partition coefficient (Wildman–Crippen LogP) is 2.86. The lowest BCUT2D eigenvalue weighted by atomic mass is 9.62. The number of aromatic nitrogens is 5. The summed E-state index contributed by atoms with van der Waals surface area (Å²) < 4.78 is 9.46. The number of nitrogens with zero attached hydrogens (tertiary/aromatic N) is 5. The number of benzene rings is 1. The van der Waals surface area contributed by atoms with Crippen LogP contribution in [0, 0.1) is 0 Å². The van der Waals surface area contributed by atoms with Gasteiger partial charge in [-0.3, -0.25) is 9.48 Å². The van der Waals surface area contributed by atoms with Crippen LogP contribution in [0.2, 0.25) is 0 Å². The molecule has 10 nitrogen and oxygen atoms in total. The van der Waals surface area contributed by atoms with E-state index < -0.39 is 11.5 Å². The van der Waals surface area contributed by atoms with Crippen LogP contribution in [0.25, 0.3) is 28.0 Å². The van der Waals surface area contributed by atoms with Crippen molar-refractivity contribution in [2.24, 2.45) is 0 Å². The summed E-state index contributed by atoms with van der Waals surface area (Å²) in [4.78, 5) is 17.6. The number of aliphatic hydroxyl groups excluding tert-OH is 1. The summed E-state index contributed by atoms with van der Waals surface area (Å²) in [6, 6.07) is 12.6. The maximum absolute atomic E-state index is 13.3. The average molecular weight is 514 g/mol. The number of nitrogens with one attached hydrogen (secondary N) is 1. The largest absolute Gasteiger partial charge is 0.393 e. The zero-order valence-corrected chi connectivity index (χ0v) is 21.1. The molecule has 0 atom stereocenters. The number of fused-ring (bicyclic) bond motifs is 1. The fourth-order valence-corrected chi connectivity index (χ4v) is 6.04. The van der Waals surface area contributed by atoms with Crippen molar-refractivity contribution in [1.29, 1.82) is 0 Å². The Morgan fingerprint density at radius 3 is 2.66 bits per heavy atom. The van der Waals surface area contributed by atoms with Crippen LogP contribution >= 0.6 is 0 Å². The SMILES string of the molecule is Nc1ncnn2c(-c3cccc(C4(C(=O)NC5CC5)CC(O)C4)c3)cc(-c3ccnn3C3CCOCC3)c12. The van der Waals surface area contributed by atoms with Crippen LogP contribution in [0.1, 0.15) is 50.1 Å². The molecule has 3 fully saturated rings. The molecule has 38 heavy (non-hydrogen) atoms. The number of ether oxygens (including phenoxy) is 1. The number of amides is 1. The summed E-state index contributed by atoms with van der Waals surface area (Å²) in [6.07, 6.45) is 7.51. The highest BCUT2D eigenvalue weighted by atomic mass is 16.5. The van der Waals surface area contributed by atoms with Crippen LogP contribution in [0.15, 0.2) is 48.9 Å². The fraction of sp³-hybridized carbons (Fsp3) is 0.429. The van der Waals surface area contributed by atoms with Crippen LogP contribution in [-0.2, 0) is 14.9 Å². The maximum atomic E-state index is 13.3. The zero-order chi connectivity index (χ0) is 25.9. The Morgan fingerprint density at radius 1 is 1.08 bits per heavy atom. The molecule has 0 radical (unpaired) electrons. The minimum Gasteiger partial charge on any atom is -0.393 e. The van der Waals surface area contributed by atoms with Gasteiger partial charge in [0.1, 0.15) is 11.8 Å². The first-order valence-corrected chi connectivity index (χ1v) is 13.4. The highest BCUT2D eigenvalue weighted by molar-refractivity contribution is 5.92. The molecule has 196 valence electrons. The van der Waals surface area contributed by atoms with Gasteiger partial charge >= 0.3 is 0 Å². The molecule has 1 amide bonds. The monoisotopic (exact) mass is 513 g/mol. The van der Waals surface area contributed by atoms with Crippen molar-refractivity contribution in [3.8, 4) is 22.5 Å². The zero-order valence-electron chi connectivity index (χ0n) is 21.1. The summed E-state index contributed by atoms with van der Waals surface area (Å²) in [5, 5.41) is 22.6. The number of hydrogen-bond donors (Lipinski definition) is 3. The molecule has 4 N–H and O–H groups in total. The van der Waals surface area contributed by atoms with Gasteiger partial charge in [0.25, 0.3) is 0 Å². The van der Waals surface area contributed by atoms with Gasteiger partial charge in [-0.05, 0) is 62.3 Å². The highest BCUT2D eigenvalue weighted by Gasteiger charge is 2.51. The summed E-state index contributed by atoms with van der Waals surface area (Å²) >= 11 is 0. The third-order valence-electron chi connectivity index (χ3n) is 8.29. The molecule has 3 aliphatic rings. The van der Waals surface area contributed by atoms with Gasteiger partial charge in [0.2, 0.25) is 5.91 Å². The minimum absolute atomic E-state index is 0.00934. The molecule has 3 aromatic heterocycles. The third-order valence-corrected chi connectivity index (χ3v) is 8.29. The molecular formula is C28H31N7O3. The molecule has 2 saturated carbocycles. The minimum atomic E-state index is -0.719. The number of hydrogen-bond acceptors (Lipinski definition) is 7. The summed E-state index contributed by atoms with van der Waals surface area (Å²) in [5.74, 6) is 0.398. The second kappa shape index (κ2) is 8.92. The third kappa shape index (κ3) is 3.78. The van der Waals surface area contributed by atoms with E-state index in [2.05, 4.69) is 37.3 Å². The van der Waals surface area contributed by atoms with E-state index in [4.69, 9.17) is 10.5 Å². The van der Waals surface area contributed by atoms with E-state index in [0.717, 1.165) is 59.3 Å². The van der Waals surface area contributed by atoms with Crippen molar-refractivity contribution in [3.05, 3.63) is 54.5 Å². The molecule has 0 unspecified atom stereocenters. The van der Waals surface area contributed by atoms with E-state index in [1.54, 1.807) is 0 Å². The Labute approximate surface area is 219 Å². The van der Waals surface area contributed by atoms with Gasteiger partial charge in [0.15, 0.2) is 5.82 Å². The Bertz CT molecular complexity index is 1510. The summed E-state index contributed by atoms with van der Waals surface area (Å²) in [7, 11) is 0. The van der Waals surface area contributed by atoms with Crippen LogP contribution in [0.4, 0.5) is 5.82 Å². The Kier molecular flexibility index (Phi) is 5.48. The average Bonchev–Trinajstić information content (AvgIpc) is 3.44. The van der Waals surface area contributed by atoms with E-state index >= 15 is 0 Å². The lowest BCUT2D eigenvalue weighted by Gasteiger charge is -2.44. The quantitative estimate of drug-likeness (QED) is 0.361. The van der Waals surface area contributed by atoms with Crippen LogP contribution in [-0.4, -0.2) is 60.8 Å². The normalized spacial score (nSPS) is 23.9. The smallest absolute Gasteiger partial charge is 0.231 e. The van der Waals surface area contributed by atoms with Gasteiger partial charge in [0.05, 0.1) is 28.9 Å². The molecule has 7 rings (SSSR count). The lowest BCUT2D eigenvalue weighted by molar-refractivity contribution is -0.135. The van der Waals surface area contributed by atoms with Crippen molar-refractivity contribution in [1.82, 2.24) is 29.7 Å². The van der Waals surface area contributed by atoms with Crippen molar-refractivity contribution in [3.63, 3.8) is 0 Å². The summed E-state index contributed by atoms with van der Waals surface area (Å²) in [5.41, 5.74) is 11.0. The standard InChI is InChI=1S/C28H31N7O3/c29-26-25-22(23-6-9-31-34(23)20-7-10-38-11-8-20)13-24(35(25)32-16-30-26)17-2-1-3-18(12-17)28(14-21(36)15-28)27(37)33-19-4-5-19/h1-3,6,9,12-13,16,19-21,36H,4-5,7-8,10-11,14-15H2,(H,33,37)(H2,29,30,32). The van der Waals surface area contributed by atoms with Gasteiger partial charge in [-0.2, -0.15) is 10.2 Å². The van der Waals surface area contributed by atoms with E-state index in [1.807, 2.05) is 35.0 Å². The molecule has 2 aliphatic carbocycles. The van der Waals surface area contributed by atoms with Crippen LogP contribution < -0.4 is 11.1 Å². The molecule has 10 heteroatoms. The summed E-state index contributed by atoms with van der Waals surface area (Å²) in [6.45, 7) is 1.43. The number of aliphatic hydroxyl groups is 1. The number of anilines is 1. The molecule has 1 saturated heterocycles. The number of carbonyl (C=O) groups excluding carboxylic acids is 1. The maximum Gasteiger partial charge on any atom is 0.231 e. The molecule has 1 aliphatic heterocycles. The van der Waals surface area contributed by atoms with E-state index in [1.165, 1.54) is 6.33 Å². The van der Waals surface area contributed by atoms with Crippen LogP contribution in [0.3, 0.4) is 0 Å². The van der Waals surface area contributed by atoms with Crippen LogP contribution in [0.5, 0.6) is 0 Å². The van der Waals surface area contributed by atoms with Crippen molar-refractivity contribution in [2.75, 3.05) is 18.9 Å². The van der Waals surface area contributed by atoms with Crippen molar-refractivity contribution >= 4 is 17.2 Å². The second-order valence-electron chi connectivity index (χ2n) is 10.8. The van der Waals surface area contributed by atoms with Gasteiger partial charge in [0, 0.05) is 36.6 Å². The van der Waals surface area contributed by atoms with Crippen molar-refractivity contribution < 1.29 is 14.6 Å². The van der Waals surface area contributed by atoms with E-state index in [0.29, 0.717) is 31.9 Å². The van der Waals surface area contributed by atoms with E-state index in [-0.39, 0.29) is 18.0 Å². The number of nitrogens with two attached hydrogens (primary N) is 1. The Hall–Kier alpha value is -3.76. The molecule has 4 heterocycles. The topological polar surface area (TPSA) is 133 Å². The second-order valence-corrected chi connectivity index (χ2v) is 10.8. The number of nitrogen functional groups attached to an aromatic ring is 1. The lowest BCUT2D eigenvalue weighted by Crippen LogP contribution is -2.55. The first kappa shape index (κ1) is 23.4. The molecule has 0 spiro atoms. The highest BCUT2D eigenvalue weighted by Crippen LogP contribution is 2.46. The first-order valence-electron chi connectivity index (χ1n) is 13.4. The van der Waals surface area contributed by atoms with E-state index in [9.17, 15) is 9.90 Å². The number of carbonyl (C=O) groups is 1. The first-order chi connectivity index (χ1) is 18.5. The molecule has 1 aromatic carbocycles.